The van der Waals surface area contributed by atoms with Crippen molar-refractivity contribution in [2.75, 3.05) is 0 Å². The highest BCUT2D eigenvalue weighted by molar-refractivity contribution is 4.92. The van der Waals surface area contributed by atoms with Crippen LogP contribution in [0.2, 0.25) is 0 Å². The number of allylic oxidation sites excluding steroid dienone is 2. The molecule has 0 N–H and O–H groups in total. The summed E-state index contributed by atoms with van der Waals surface area (Å²) in [5, 5.41) is 0. The minimum Gasteiger partial charge on any atom is -0.171 e. The van der Waals surface area contributed by atoms with E-state index in [9.17, 15) is 13.2 Å². The molecule has 2 saturated carbocycles. The van der Waals surface area contributed by atoms with Gasteiger partial charge in [0.05, 0.1) is 0 Å². The Balaban J connectivity index is 1.63. The zero-order valence-electron chi connectivity index (χ0n) is 14.6. The Bertz CT molecular complexity index is 342. The second-order valence-electron chi connectivity index (χ2n) is 7.83. The summed E-state index contributed by atoms with van der Waals surface area (Å²) in [6, 6.07) is 0. The van der Waals surface area contributed by atoms with Crippen LogP contribution in [0, 0.1) is 23.7 Å². The normalized spacial score (nSPS) is 33.2. The van der Waals surface area contributed by atoms with Crippen LogP contribution < -0.4 is 0 Å². The topological polar surface area (TPSA) is 0 Å². The zero-order valence-corrected chi connectivity index (χ0v) is 14.6. The highest BCUT2D eigenvalue weighted by Gasteiger charge is 2.30. The van der Waals surface area contributed by atoms with Crippen LogP contribution in [-0.4, -0.2) is 6.18 Å². The van der Waals surface area contributed by atoms with Gasteiger partial charge in [0.15, 0.2) is 0 Å². The first-order valence-corrected chi connectivity index (χ1v) is 9.71. The van der Waals surface area contributed by atoms with Crippen molar-refractivity contribution in [1.82, 2.24) is 0 Å². The van der Waals surface area contributed by atoms with Gasteiger partial charge >= 0.3 is 6.18 Å². The predicted octanol–water partition coefficient (Wildman–Crippen LogP) is 7.30. The largest absolute Gasteiger partial charge is 0.389 e. The average Bonchev–Trinajstić information content (AvgIpc) is 2.52. The van der Waals surface area contributed by atoms with Crippen molar-refractivity contribution in [1.29, 1.82) is 0 Å². The molecule has 134 valence electrons. The van der Waals surface area contributed by atoms with Gasteiger partial charge in [-0.3, -0.25) is 0 Å². The van der Waals surface area contributed by atoms with Crippen LogP contribution in [0.5, 0.6) is 0 Å². The van der Waals surface area contributed by atoms with Crippen molar-refractivity contribution < 1.29 is 13.2 Å². The van der Waals surface area contributed by atoms with Crippen molar-refractivity contribution in [2.24, 2.45) is 23.7 Å². The van der Waals surface area contributed by atoms with E-state index in [2.05, 4.69) is 13.0 Å². The van der Waals surface area contributed by atoms with Crippen molar-refractivity contribution in [3.8, 4) is 0 Å². The van der Waals surface area contributed by atoms with Crippen LogP contribution in [0.4, 0.5) is 13.2 Å². The molecule has 0 radical (unpaired) electrons. The molecular weight excluding hydrogens is 297 g/mol. The second-order valence-corrected chi connectivity index (χ2v) is 7.83. The first-order chi connectivity index (χ1) is 11.0. The van der Waals surface area contributed by atoms with Crippen molar-refractivity contribution >= 4 is 0 Å². The summed E-state index contributed by atoms with van der Waals surface area (Å²) in [5.41, 5.74) is 0. The van der Waals surface area contributed by atoms with Crippen LogP contribution in [0.15, 0.2) is 12.2 Å². The fourth-order valence-corrected chi connectivity index (χ4v) is 4.70. The SMILES string of the molecule is CCCC1CCC(C2CCC(/C=C/CCC(F)(F)F)CC2)CC1. The van der Waals surface area contributed by atoms with Crippen molar-refractivity contribution in [3.05, 3.63) is 12.2 Å². The van der Waals surface area contributed by atoms with E-state index in [4.69, 9.17) is 0 Å². The maximum absolute atomic E-state index is 12.1. The van der Waals surface area contributed by atoms with E-state index in [0.29, 0.717) is 5.92 Å². The second kappa shape index (κ2) is 9.13. The molecule has 0 atom stereocenters. The average molecular weight is 330 g/mol. The molecule has 0 spiro atoms. The monoisotopic (exact) mass is 330 g/mol. The van der Waals surface area contributed by atoms with E-state index in [1.807, 2.05) is 0 Å². The first-order valence-electron chi connectivity index (χ1n) is 9.71. The lowest BCUT2D eigenvalue weighted by molar-refractivity contribution is -0.133. The van der Waals surface area contributed by atoms with Gasteiger partial charge in [0.2, 0.25) is 0 Å². The van der Waals surface area contributed by atoms with Crippen LogP contribution >= 0.6 is 0 Å². The van der Waals surface area contributed by atoms with Gasteiger partial charge in [0.25, 0.3) is 0 Å². The lowest BCUT2D eigenvalue weighted by Crippen LogP contribution is -2.25. The van der Waals surface area contributed by atoms with Crippen LogP contribution in [0.25, 0.3) is 0 Å². The Labute approximate surface area is 139 Å². The first kappa shape index (κ1) is 18.9. The maximum atomic E-state index is 12.1. The molecule has 0 aromatic carbocycles. The summed E-state index contributed by atoms with van der Waals surface area (Å²) >= 11 is 0. The van der Waals surface area contributed by atoms with Gasteiger partial charge in [-0.25, -0.2) is 0 Å². The molecule has 2 fully saturated rings. The molecule has 2 aliphatic carbocycles. The summed E-state index contributed by atoms with van der Waals surface area (Å²) in [6.45, 7) is 2.29. The number of hydrogen-bond donors (Lipinski definition) is 0. The van der Waals surface area contributed by atoms with Crippen LogP contribution in [0.3, 0.4) is 0 Å². The molecule has 23 heavy (non-hydrogen) atoms. The van der Waals surface area contributed by atoms with Gasteiger partial charge in [-0.15, -0.1) is 0 Å². The smallest absolute Gasteiger partial charge is 0.171 e. The van der Waals surface area contributed by atoms with Crippen molar-refractivity contribution in [2.45, 2.75) is 90.1 Å². The highest BCUT2D eigenvalue weighted by Crippen LogP contribution is 2.42. The molecule has 2 aliphatic rings. The molecule has 3 heteroatoms. The van der Waals surface area contributed by atoms with E-state index in [1.54, 1.807) is 6.08 Å². The third kappa shape index (κ3) is 6.89. The summed E-state index contributed by atoms with van der Waals surface area (Å²) in [7, 11) is 0. The molecular formula is C20H33F3. The minimum absolute atomic E-state index is 0.144. The lowest BCUT2D eigenvalue weighted by Gasteiger charge is -2.37. The Hall–Kier alpha value is -0.470. The molecule has 0 amide bonds. The molecule has 0 aromatic rings. The van der Waals surface area contributed by atoms with Gasteiger partial charge < -0.3 is 0 Å². The maximum Gasteiger partial charge on any atom is 0.389 e. The molecule has 0 aliphatic heterocycles. The number of rotatable bonds is 6. The molecule has 0 unspecified atom stereocenters. The molecule has 0 heterocycles. The third-order valence-corrected chi connectivity index (χ3v) is 6.07. The summed E-state index contributed by atoms with van der Waals surface area (Å²) in [6.07, 6.45) is 12.6. The van der Waals surface area contributed by atoms with E-state index < -0.39 is 12.6 Å². The van der Waals surface area contributed by atoms with E-state index in [-0.39, 0.29) is 6.42 Å². The number of hydrogen-bond acceptors (Lipinski definition) is 0. The Kier molecular flexibility index (Phi) is 7.49. The van der Waals surface area contributed by atoms with Crippen molar-refractivity contribution in [3.63, 3.8) is 0 Å². The van der Waals surface area contributed by atoms with Crippen LogP contribution in [-0.2, 0) is 0 Å². The molecule has 0 aromatic heterocycles. The van der Waals surface area contributed by atoms with E-state index in [1.165, 1.54) is 64.2 Å². The third-order valence-electron chi connectivity index (χ3n) is 6.07. The number of alkyl halides is 3. The fourth-order valence-electron chi connectivity index (χ4n) is 4.70. The summed E-state index contributed by atoms with van der Waals surface area (Å²) in [4.78, 5) is 0. The number of halogens is 3. The Morgan fingerprint density at radius 3 is 1.96 bits per heavy atom. The van der Waals surface area contributed by atoms with Gasteiger partial charge in [0, 0.05) is 6.42 Å². The van der Waals surface area contributed by atoms with Crippen LogP contribution in [0.1, 0.15) is 84.0 Å². The fraction of sp³-hybridized carbons (Fsp3) is 0.900. The molecule has 2 rings (SSSR count). The molecule has 0 nitrogen and oxygen atoms in total. The zero-order chi connectivity index (χ0) is 16.7. The van der Waals surface area contributed by atoms with E-state index >= 15 is 0 Å². The summed E-state index contributed by atoms with van der Waals surface area (Å²) < 4.78 is 36.4. The minimum atomic E-state index is -4.02. The Morgan fingerprint density at radius 1 is 0.870 bits per heavy atom. The Morgan fingerprint density at radius 2 is 1.43 bits per heavy atom. The summed E-state index contributed by atoms with van der Waals surface area (Å²) in [5.74, 6) is 3.32. The van der Waals surface area contributed by atoms with Gasteiger partial charge in [-0.1, -0.05) is 44.8 Å². The quantitative estimate of drug-likeness (QED) is 0.448. The highest BCUT2D eigenvalue weighted by atomic mass is 19.4. The standard InChI is InChI=1S/C20H33F3/c1-2-5-16-7-11-18(12-8-16)19-13-9-17(10-14-19)6-3-4-15-20(21,22)23/h3,6,16-19H,2,4-5,7-15H2,1H3/b6-3+. The molecule has 0 bridgehead atoms. The van der Waals surface area contributed by atoms with Gasteiger partial charge in [0.1, 0.15) is 0 Å². The van der Waals surface area contributed by atoms with Gasteiger partial charge in [-0.2, -0.15) is 13.2 Å². The lowest BCUT2D eigenvalue weighted by atomic mass is 9.68. The van der Waals surface area contributed by atoms with Gasteiger partial charge in [-0.05, 0) is 68.6 Å². The van der Waals surface area contributed by atoms with E-state index in [0.717, 1.165) is 17.8 Å². The predicted molar refractivity (Wildman–Crippen MR) is 90.2 cm³/mol. The molecule has 0 saturated heterocycles.